The molecule has 2 aromatic rings. The van der Waals surface area contributed by atoms with E-state index in [0.717, 1.165) is 36.8 Å². The van der Waals surface area contributed by atoms with E-state index in [1.165, 1.54) is 4.90 Å². The van der Waals surface area contributed by atoms with Gasteiger partial charge in [-0.2, -0.15) is 0 Å². The first kappa shape index (κ1) is 28.1. The molecule has 3 atom stereocenters. The molecule has 0 unspecified atom stereocenters. The highest BCUT2D eigenvalue weighted by atomic mass is 16.3. The Balaban J connectivity index is 1.34. The third-order valence-electron chi connectivity index (χ3n) is 8.78. The third-order valence-corrected chi connectivity index (χ3v) is 8.78. The number of carbonyl (C=O) groups is 3. The number of hydrogen-bond acceptors (Lipinski definition) is 5. The molecule has 0 bridgehead atoms. The summed E-state index contributed by atoms with van der Waals surface area (Å²) in [7, 11) is 1.64. The van der Waals surface area contributed by atoms with Gasteiger partial charge in [0.2, 0.25) is 11.8 Å². The summed E-state index contributed by atoms with van der Waals surface area (Å²) in [6, 6.07) is 13.1. The molecule has 1 fully saturated rings. The van der Waals surface area contributed by atoms with Gasteiger partial charge in [0.25, 0.3) is 5.91 Å². The van der Waals surface area contributed by atoms with Crippen molar-refractivity contribution in [3.05, 3.63) is 71.3 Å². The van der Waals surface area contributed by atoms with Crippen molar-refractivity contribution in [2.75, 3.05) is 30.0 Å². The second kappa shape index (κ2) is 11.6. The summed E-state index contributed by atoms with van der Waals surface area (Å²) in [4.78, 5) is 44.4. The zero-order valence-corrected chi connectivity index (χ0v) is 23.4. The fourth-order valence-corrected chi connectivity index (χ4v) is 6.31. The van der Waals surface area contributed by atoms with E-state index in [1.54, 1.807) is 48.1 Å². The molecule has 212 valence electrons. The number of fused-ring (bicyclic) bond motifs is 2. The molecule has 40 heavy (non-hydrogen) atoms. The van der Waals surface area contributed by atoms with Gasteiger partial charge in [-0.3, -0.25) is 14.4 Å². The molecule has 0 radical (unpaired) electrons. The molecule has 0 saturated carbocycles. The van der Waals surface area contributed by atoms with E-state index in [4.69, 9.17) is 0 Å². The van der Waals surface area contributed by atoms with Crippen LogP contribution in [0.2, 0.25) is 0 Å². The first-order valence-corrected chi connectivity index (χ1v) is 14.3. The van der Waals surface area contributed by atoms with Gasteiger partial charge in [-0.1, -0.05) is 56.2 Å². The fraction of sp³-hybridized carbons (Fsp3) is 0.469. The van der Waals surface area contributed by atoms with Crippen LogP contribution in [0.15, 0.2) is 54.6 Å². The standard InChI is InChI=1S/C32H39N3O5/c1-22(10-9-14-30(38)35-20-24-12-7-6-11-23(24)18-26(35)21-36)32(40)27-19-25(15-16-28(27)33(2)31(32)39)34-17-8-4-3-5-13-29(34)37/h6-7,9-12,15-16,19,22,26,36,40H,3-5,8,13-14,17-18,20-21H2,1-2H3/b10-9+/t22-,26-,32+/m0/s1. The van der Waals surface area contributed by atoms with Crippen LogP contribution in [0, 0.1) is 5.92 Å². The number of likely N-dealkylation sites (N-methyl/N-ethyl adjacent to an activating group) is 1. The highest BCUT2D eigenvalue weighted by Crippen LogP contribution is 2.46. The van der Waals surface area contributed by atoms with Crippen molar-refractivity contribution in [3.8, 4) is 0 Å². The predicted octanol–water partition coefficient (Wildman–Crippen LogP) is 3.68. The number of amides is 3. The molecule has 2 N–H and O–H groups in total. The van der Waals surface area contributed by atoms with Crippen molar-refractivity contribution in [1.29, 1.82) is 0 Å². The zero-order valence-electron chi connectivity index (χ0n) is 23.4. The first-order chi connectivity index (χ1) is 19.3. The Morgan fingerprint density at radius 3 is 2.62 bits per heavy atom. The van der Waals surface area contributed by atoms with Crippen LogP contribution in [0.1, 0.15) is 62.1 Å². The summed E-state index contributed by atoms with van der Waals surface area (Å²) >= 11 is 0. The van der Waals surface area contributed by atoms with Crippen LogP contribution >= 0.6 is 0 Å². The maximum Gasteiger partial charge on any atom is 0.264 e. The quantitative estimate of drug-likeness (QED) is 0.540. The minimum absolute atomic E-state index is 0.0637. The lowest BCUT2D eigenvalue weighted by molar-refractivity contribution is -0.139. The fourth-order valence-electron chi connectivity index (χ4n) is 6.31. The molecule has 3 heterocycles. The number of nitrogens with zero attached hydrogens (tertiary/aromatic N) is 3. The SMILES string of the molecule is C[C@@H](/C=C/CC(=O)N1Cc2ccccc2C[C@H]1CO)[C@]1(O)C(=O)N(C)c2ccc(N3CCCCCCC3=O)cc21. The topological polar surface area (TPSA) is 101 Å². The predicted molar refractivity (Wildman–Crippen MR) is 154 cm³/mol. The van der Waals surface area contributed by atoms with Gasteiger partial charge in [-0.15, -0.1) is 0 Å². The lowest BCUT2D eigenvalue weighted by Crippen LogP contribution is -2.46. The third kappa shape index (κ3) is 5.06. The van der Waals surface area contributed by atoms with Gasteiger partial charge < -0.3 is 24.9 Å². The average molecular weight is 546 g/mol. The number of hydrogen-bond donors (Lipinski definition) is 2. The van der Waals surface area contributed by atoms with E-state index in [-0.39, 0.29) is 30.9 Å². The number of aliphatic hydroxyl groups excluding tert-OH is 1. The van der Waals surface area contributed by atoms with Crippen LogP contribution < -0.4 is 9.80 Å². The molecular formula is C32H39N3O5. The number of benzene rings is 2. The molecule has 0 spiro atoms. The molecular weight excluding hydrogens is 506 g/mol. The second-order valence-corrected chi connectivity index (χ2v) is 11.3. The maximum atomic E-state index is 13.4. The van der Waals surface area contributed by atoms with E-state index < -0.39 is 17.4 Å². The summed E-state index contributed by atoms with van der Waals surface area (Å²) in [6.45, 7) is 2.72. The van der Waals surface area contributed by atoms with Crippen LogP contribution in [0.5, 0.6) is 0 Å². The van der Waals surface area contributed by atoms with Gasteiger partial charge in [-0.05, 0) is 48.6 Å². The van der Waals surface area contributed by atoms with Crippen molar-refractivity contribution in [1.82, 2.24) is 4.90 Å². The van der Waals surface area contributed by atoms with E-state index >= 15 is 0 Å². The number of rotatable bonds is 6. The Labute approximate surface area is 235 Å². The smallest absolute Gasteiger partial charge is 0.264 e. The van der Waals surface area contributed by atoms with Crippen molar-refractivity contribution < 1.29 is 24.6 Å². The average Bonchev–Trinajstić information content (AvgIpc) is 3.15. The number of anilines is 2. The molecule has 3 aliphatic heterocycles. The van der Waals surface area contributed by atoms with Crippen molar-refractivity contribution in [2.24, 2.45) is 5.92 Å². The van der Waals surface area contributed by atoms with Crippen LogP contribution in [-0.4, -0.2) is 59.1 Å². The van der Waals surface area contributed by atoms with E-state index in [0.29, 0.717) is 42.9 Å². The largest absolute Gasteiger partial charge is 0.394 e. The van der Waals surface area contributed by atoms with Crippen molar-refractivity contribution >= 4 is 29.1 Å². The molecule has 2 aromatic carbocycles. The molecule has 8 nitrogen and oxygen atoms in total. The normalized spacial score (nSPS) is 24.1. The van der Waals surface area contributed by atoms with Gasteiger partial charge >= 0.3 is 0 Å². The lowest BCUT2D eigenvalue weighted by Gasteiger charge is -2.36. The summed E-state index contributed by atoms with van der Waals surface area (Å²) in [5.41, 5.74) is 2.20. The van der Waals surface area contributed by atoms with E-state index in [9.17, 15) is 24.6 Å². The number of aliphatic hydroxyl groups is 2. The van der Waals surface area contributed by atoms with Crippen LogP contribution in [0.3, 0.4) is 0 Å². The Morgan fingerprint density at radius 2 is 1.85 bits per heavy atom. The Bertz CT molecular complexity index is 1320. The van der Waals surface area contributed by atoms with Crippen LogP contribution in [0.4, 0.5) is 11.4 Å². The van der Waals surface area contributed by atoms with Gasteiger partial charge in [0.05, 0.1) is 18.3 Å². The molecule has 5 rings (SSSR count). The monoisotopic (exact) mass is 545 g/mol. The van der Waals surface area contributed by atoms with Gasteiger partial charge in [0.1, 0.15) is 0 Å². The van der Waals surface area contributed by atoms with Crippen LogP contribution in [-0.2, 0) is 33.0 Å². The molecule has 3 aliphatic rings. The van der Waals surface area contributed by atoms with Crippen molar-refractivity contribution in [2.45, 2.75) is 70.1 Å². The summed E-state index contributed by atoms with van der Waals surface area (Å²) in [5, 5.41) is 21.8. The first-order valence-electron chi connectivity index (χ1n) is 14.3. The molecule has 3 amide bonds. The molecule has 0 aromatic heterocycles. The Kier molecular flexibility index (Phi) is 8.10. The zero-order chi connectivity index (χ0) is 28.4. The highest BCUT2D eigenvalue weighted by molar-refractivity contribution is 6.07. The Hall–Kier alpha value is -3.49. The second-order valence-electron chi connectivity index (χ2n) is 11.3. The van der Waals surface area contributed by atoms with E-state index in [1.807, 2.05) is 30.3 Å². The van der Waals surface area contributed by atoms with Gasteiger partial charge in [-0.25, -0.2) is 0 Å². The number of carbonyl (C=O) groups excluding carboxylic acids is 3. The lowest BCUT2D eigenvalue weighted by atomic mass is 9.82. The maximum absolute atomic E-state index is 13.4. The minimum Gasteiger partial charge on any atom is -0.394 e. The molecule has 1 saturated heterocycles. The van der Waals surface area contributed by atoms with Crippen LogP contribution in [0.25, 0.3) is 0 Å². The van der Waals surface area contributed by atoms with E-state index in [2.05, 4.69) is 0 Å². The summed E-state index contributed by atoms with van der Waals surface area (Å²) < 4.78 is 0. The Morgan fingerprint density at radius 1 is 1.10 bits per heavy atom. The highest BCUT2D eigenvalue weighted by Gasteiger charge is 2.51. The summed E-state index contributed by atoms with van der Waals surface area (Å²) in [6.07, 6.45) is 8.54. The molecule has 0 aliphatic carbocycles. The van der Waals surface area contributed by atoms with Crippen molar-refractivity contribution in [3.63, 3.8) is 0 Å². The minimum atomic E-state index is -1.82. The van der Waals surface area contributed by atoms with Gasteiger partial charge in [0.15, 0.2) is 5.60 Å². The van der Waals surface area contributed by atoms with Gasteiger partial charge in [0, 0.05) is 50.1 Å². The molecule has 8 heteroatoms. The summed E-state index contributed by atoms with van der Waals surface area (Å²) in [5.74, 6) is -1.11.